The normalized spacial score (nSPS) is 13.1. The average molecular weight is 473 g/mol. The molecule has 2 aromatic heterocycles. The third-order valence-corrected chi connectivity index (χ3v) is 6.90. The van der Waals surface area contributed by atoms with Crippen LogP contribution in [0, 0.1) is 12.8 Å². The van der Waals surface area contributed by atoms with Gasteiger partial charge in [-0.2, -0.15) is 0 Å². The van der Waals surface area contributed by atoms with E-state index in [0.29, 0.717) is 13.1 Å². The Morgan fingerprint density at radius 3 is 2.49 bits per heavy atom. The third-order valence-electron chi connectivity index (χ3n) is 6.90. The Bertz CT molecular complexity index is 1340. The fourth-order valence-corrected chi connectivity index (χ4v) is 4.61. The van der Waals surface area contributed by atoms with Gasteiger partial charge in [0.25, 0.3) is 5.56 Å². The minimum Gasteiger partial charge on any atom is -0.322 e. The highest BCUT2D eigenvalue weighted by molar-refractivity contribution is 5.79. The number of aromatic nitrogens is 5. The zero-order valence-corrected chi connectivity index (χ0v) is 21.6. The molecule has 0 fully saturated rings. The van der Waals surface area contributed by atoms with Crippen LogP contribution >= 0.6 is 0 Å². The Morgan fingerprint density at radius 2 is 1.80 bits per heavy atom. The SMILES string of the molecule is CCC(C)(C)n1nnnc1[C@H](C(C)C)N(Cc1ccccc1)Cc1cc2ccc(C)cc2[nH]c1=O. The molecule has 0 aliphatic heterocycles. The number of fused-ring (bicyclic) bond motifs is 1. The Hall–Kier alpha value is -3.32. The molecule has 1 atom stereocenters. The van der Waals surface area contributed by atoms with Crippen LogP contribution in [0.25, 0.3) is 10.9 Å². The summed E-state index contributed by atoms with van der Waals surface area (Å²) < 4.78 is 1.96. The molecule has 0 aliphatic rings. The van der Waals surface area contributed by atoms with E-state index in [-0.39, 0.29) is 23.1 Å². The molecule has 35 heavy (non-hydrogen) atoms. The van der Waals surface area contributed by atoms with Gasteiger partial charge in [-0.25, -0.2) is 4.68 Å². The lowest BCUT2D eigenvalue weighted by Gasteiger charge is -2.35. The van der Waals surface area contributed by atoms with E-state index in [1.807, 2.05) is 41.9 Å². The fourth-order valence-electron chi connectivity index (χ4n) is 4.61. The molecule has 0 saturated carbocycles. The Balaban J connectivity index is 1.80. The number of aryl methyl sites for hydroxylation is 1. The first-order chi connectivity index (χ1) is 16.7. The molecular formula is C28H36N6O. The van der Waals surface area contributed by atoms with Gasteiger partial charge >= 0.3 is 0 Å². The van der Waals surface area contributed by atoms with E-state index in [2.05, 4.69) is 84.3 Å². The monoisotopic (exact) mass is 472 g/mol. The number of benzene rings is 2. The summed E-state index contributed by atoms with van der Waals surface area (Å²) in [5.74, 6) is 1.05. The van der Waals surface area contributed by atoms with E-state index in [1.54, 1.807) is 0 Å². The van der Waals surface area contributed by atoms with Crippen molar-refractivity contribution in [1.29, 1.82) is 0 Å². The Morgan fingerprint density at radius 1 is 1.06 bits per heavy atom. The minimum absolute atomic E-state index is 0.0582. The molecule has 2 aromatic carbocycles. The van der Waals surface area contributed by atoms with Gasteiger partial charge in [0.05, 0.1) is 11.6 Å². The lowest BCUT2D eigenvalue weighted by Crippen LogP contribution is -2.38. The summed E-state index contributed by atoms with van der Waals surface area (Å²) in [4.78, 5) is 18.6. The molecule has 7 heteroatoms. The van der Waals surface area contributed by atoms with Crippen molar-refractivity contribution in [2.45, 2.75) is 72.6 Å². The van der Waals surface area contributed by atoms with Crippen LogP contribution in [0.5, 0.6) is 0 Å². The Kier molecular flexibility index (Phi) is 7.17. The van der Waals surface area contributed by atoms with E-state index in [0.717, 1.165) is 34.3 Å². The van der Waals surface area contributed by atoms with Gasteiger partial charge in [-0.15, -0.1) is 5.10 Å². The molecule has 0 amide bonds. The molecule has 1 N–H and O–H groups in total. The van der Waals surface area contributed by atoms with Gasteiger partial charge in [-0.05, 0) is 72.2 Å². The largest absolute Gasteiger partial charge is 0.322 e. The number of pyridine rings is 1. The predicted molar refractivity (Wildman–Crippen MR) is 140 cm³/mol. The maximum atomic E-state index is 13.2. The number of nitrogens with one attached hydrogen (secondary N) is 1. The quantitative estimate of drug-likeness (QED) is 0.354. The zero-order valence-electron chi connectivity index (χ0n) is 21.6. The van der Waals surface area contributed by atoms with Crippen molar-refractivity contribution in [3.05, 3.63) is 87.5 Å². The van der Waals surface area contributed by atoms with Gasteiger partial charge in [-0.1, -0.05) is 63.2 Å². The molecular weight excluding hydrogens is 436 g/mol. The molecule has 0 aliphatic carbocycles. The van der Waals surface area contributed by atoms with E-state index in [4.69, 9.17) is 0 Å². The first-order valence-corrected chi connectivity index (χ1v) is 12.4. The third kappa shape index (κ3) is 5.35. The van der Waals surface area contributed by atoms with E-state index in [1.165, 1.54) is 5.56 Å². The predicted octanol–water partition coefficient (Wildman–Crippen LogP) is 5.37. The standard InChI is InChI=1S/C28H36N6O/c1-7-28(5,6)34-26(30-31-32-34)25(19(2)3)33(17-21-11-9-8-10-12-21)18-23-16-22-14-13-20(4)15-24(22)29-27(23)35/h8-16,19,25H,7,17-18H2,1-6H3,(H,29,35)/t25-/m0/s1. The summed E-state index contributed by atoms with van der Waals surface area (Å²) in [7, 11) is 0. The van der Waals surface area contributed by atoms with Crippen molar-refractivity contribution in [2.24, 2.45) is 5.92 Å². The molecule has 184 valence electrons. The first kappa shape index (κ1) is 24.8. The van der Waals surface area contributed by atoms with Crippen molar-refractivity contribution < 1.29 is 0 Å². The summed E-state index contributed by atoms with van der Waals surface area (Å²) in [6.07, 6.45) is 0.901. The van der Waals surface area contributed by atoms with Gasteiger partial charge in [0.1, 0.15) is 0 Å². The van der Waals surface area contributed by atoms with Crippen molar-refractivity contribution >= 4 is 10.9 Å². The molecule has 2 heterocycles. The maximum Gasteiger partial charge on any atom is 0.252 e. The molecule has 7 nitrogen and oxygen atoms in total. The molecule has 0 saturated heterocycles. The smallest absolute Gasteiger partial charge is 0.252 e. The van der Waals surface area contributed by atoms with Crippen molar-refractivity contribution in [3.63, 3.8) is 0 Å². The van der Waals surface area contributed by atoms with Crippen LogP contribution in [0.1, 0.15) is 69.6 Å². The first-order valence-electron chi connectivity index (χ1n) is 12.4. The molecule has 0 spiro atoms. The summed E-state index contributed by atoms with van der Waals surface area (Å²) in [6.45, 7) is 14.0. The number of rotatable bonds is 9. The molecule has 0 unspecified atom stereocenters. The summed E-state index contributed by atoms with van der Waals surface area (Å²) in [5.41, 5.74) is 3.62. The second-order valence-corrected chi connectivity index (χ2v) is 10.4. The van der Waals surface area contributed by atoms with Crippen LogP contribution in [0.4, 0.5) is 0 Å². The zero-order chi connectivity index (χ0) is 25.2. The summed E-state index contributed by atoms with van der Waals surface area (Å²) in [6, 6.07) is 18.5. The number of tetrazole rings is 1. The van der Waals surface area contributed by atoms with E-state index in [9.17, 15) is 4.79 Å². The number of H-pyrrole nitrogens is 1. The molecule has 4 rings (SSSR count). The number of nitrogens with zero attached hydrogens (tertiary/aromatic N) is 5. The number of hydrogen-bond donors (Lipinski definition) is 1. The average Bonchev–Trinajstić information content (AvgIpc) is 3.30. The minimum atomic E-state index is -0.220. The highest BCUT2D eigenvalue weighted by atomic mass is 16.1. The van der Waals surface area contributed by atoms with Crippen LogP contribution in [0.3, 0.4) is 0 Å². The second kappa shape index (κ2) is 10.1. The van der Waals surface area contributed by atoms with Crippen LogP contribution in [0.2, 0.25) is 0 Å². The van der Waals surface area contributed by atoms with Gasteiger partial charge in [0.2, 0.25) is 0 Å². The fraction of sp³-hybridized carbons (Fsp3) is 0.429. The highest BCUT2D eigenvalue weighted by Crippen LogP contribution is 2.33. The summed E-state index contributed by atoms with van der Waals surface area (Å²) in [5, 5.41) is 14.0. The number of aromatic amines is 1. The molecule has 0 radical (unpaired) electrons. The van der Waals surface area contributed by atoms with E-state index < -0.39 is 0 Å². The highest BCUT2D eigenvalue weighted by Gasteiger charge is 2.33. The molecule has 0 bridgehead atoms. The van der Waals surface area contributed by atoms with E-state index >= 15 is 0 Å². The van der Waals surface area contributed by atoms with Gasteiger partial charge < -0.3 is 4.98 Å². The lowest BCUT2D eigenvalue weighted by atomic mass is 9.97. The van der Waals surface area contributed by atoms with Crippen molar-refractivity contribution in [3.8, 4) is 0 Å². The van der Waals surface area contributed by atoms with Crippen molar-refractivity contribution in [2.75, 3.05) is 0 Å². The molecule has 4 aromatic rings. The van der Waals surface area contributed by atoms with Crippen LogP contribution in [-0.2, 0) is 18.6 Å². The van der Waals surface area contributed by atoms with Crippen molar-refractivity contribution in [1.82, 2.24) is 30.1 Å². The van der Waals surface area contributed by atoms with Gasteiger partial charge in [-0.3, -0.25) is 9.69 Å². The number of hydrogen-bond acceptors (Lipinski definition) is 5. The summed E-state index contributed by atoms with van der Waals surface area (Å²) >= 11 is 0. The Labute approximate surface area is 207 Å². The maximum absolute atomic E-state index is 13.2. The van der Waals surface area contributed by atoms with Gasteiger partial charge in [0, 0.05) is 24.2 Å². The van der Waals surface area contributed by atoms with Crippen LogP contribution < -0.4 is 5.56 Å². The second-order valence-electron chi connectivity index (χ2n) is 10.4. The van der Waals surface area contributed by atoms with Crippen LogP contribution in [0.15, 0.2) is 59.4 Å². The van der Waals surface area contributed by atoms with Crippen LogP contribution in [-0.4, -0.2) is 30.1 Å². The lowest BCUT2D eigenvalue weighted by molar-refractivity contribution is 0.118. The van der Waals surface area contributed by atoms with Gasteiger partial charge in [0.15, 0.2) is 5.82 Å². The topological polar surface area (TPSA) is 79.7 Å².